The Hall–Kier alpha value is -1.24. The van der Waals surface area contributed by atoms with Gasteiger partial charge in [-0.2, -0.15) is 0 Å². The van der Waals surface area contributed by atoms with Gasteiger partial charge in [-0.3, -0.25) is 0 Å². The maximum Gasteiger partial charge on any atom is 0.187 e. The van der Waals surface area contributed by atoms with E-state index in [0.717, 1.165) is 12.1 Å². The lowest BCUT2D eigenvalue weighted by Gasteiger charge is -2.33. The lowest BCUT2D eigenvalue weighted by atomic mass is 9.82. The van der Waals surface area contributed by atoms with Gasteiger partial charge in [0.2, 0.25) is 0 Å². The molecule has 0 radical (unpaired) electrons. The third-order valence-electron chi connectivity index (χ3n) is 4.81. The fourth-order valence-corrected chi connectivity index (χ4v) is 6.33. The molecule has 152 valence electrons. The minimum Gasteiger partial charge on any atom is -0.387 e. The first kappa shape index (κ1) is 21.5. The summed E-state index contributed by atoms with van der Waals surface area (Å²) in [6, 6.07) is 3.07. The van der Waals surface area contributed by atoms with Crippen LogP contribution in [-0.2, 0) is 15.4 Å². The summed E-state index contributed by atoms with van der Waals surface area (Å²) in [6.45, 7) is 0. The van der Waals surface area contributed by atoms with Crippen LogP contribution in [0, 0.1) is 23.3 Å². The number of hydrogen-bond acceptors (Lipinski definition) is 4. The number of aliphatic hydroxyl groups is 2. The maximum atomic E-state index is 13.8. The van der Waals surface area contributed by atoms with E-state index in [1.807, 2.05) is 22.6 Å². The first-order valence-corrected chi connectivity index (χ1v) is 11.3. The molecule has 4 nitrogen and oxygen atoms in total. The van der Waals surface area contributed by atoms with Crippen LogP contribution in [0.3, 0.4) is 0 Å². The number of halogens is 5. The molecule has 1 aliphatic heterocycles. The van der Waals surface area contributed by atoms with Crippen LogP contribution in [0.2, 0.25) is 0 Å². The van der Waals surface area contributed by atoms with E-state index in [2.05, 4.69) is 0 Å². The number of benzene rings is 2. The highest BCUT2D eigenvalue weighted by atomic mass is 127. The third kappa shape index (κ3) is 3.44. The smallest absolute Gasteiger partial charge is 0.187 e. The Morgan fingerprint density at radius 3 is 2.18 bits per heavy atom. The lowest BCUT2D eigenvalue weighted by Crippen LogP contribution is -2.43. The molecular formula is C18H15F4IO4S. The Morgan fingerprint density at radius 1 is 1.04 bits per heavy atom. The zero-order valence-electron chi connectivity index (χ0n) is 14.2. The second kappa shape index (κ2) is 7.54. The lowest BCUT2D eigenvalue weighted by molar-refractivity contribution is -0.0149. The molecule has 0 aliphatic carbocycles. The van der Waals surface area contributed by atoms with Crippen molar-refractivity contribution in [1.82, 2.24) is 0 Å². The van der Waals surface area contributed by atoms with Gasteiger partial charge in [-0.1, -0.05) is 22.6 Å². The Balaban J connectivity index is 2.23. The van der Waals surface area contributed by atoms with Crippen molar-refractivity contribution in [2.24, 2.45) is 0 Å². The second-order valence-corrected chi connectivity index (χ2v) is 9.71. The molecule has 28 heavy (non-hydrogen) atoms. The molecule has 3 unspecified atom stereocenters. The first-order chi connectivity index (χ1) is 13.0. The molecular weight excluding hydrogens is 515 g/mol. The number of alkyl halides is 1. The molecule has 1 aliphatic rings. The van der Waals surface area contributed by atoms with Gasteiger partial charge in [-0.15, -0.1) is 0 Å². The normalized spacial score (nSPS) is 24.2. The van der Waals surface area contributed by atoms with E-state index in [0.29, 0.717) is 29.0 Å². The Bertz CT molecular complexity index is 1010. The average molecular weight is 530 g/mol. The zero-order valence-corrected chi connectivity index (χ0v) is 17.1. The van der Waals surface area contributed by atoms with Crippen LogP contribution in [0.15, 0.2) is 35.2 Å². The predicted molar refractivity (Wildman–Crippen MR) is 101 cm³/mol. The molecule has 0 bridgehead atoms. The van der Waals surface area contributed by atoms with Crippen molar-refractivity contribution in [2.45, 2.75) is 34.7 Å². The summed E-state index contributed by atoms with van der Waals surface area (Å²) in [4.78, 5) is -0.650. The molecule has 3 rings (SSSR count). The van der Waals surface area contributed by atoms with E-state index in [9.17, 15) is 36.2 Å². The monoisotopic (exact) mass is 530 g/mol. The van der Waals surface area contributed by atoms with E-state index < -0.39 is 60.5 Å². The van der Waals surface area contributed by atoms with Crippen molar-refractivity contribution in [3.05, 3.63) is 64.7 Å². The number of aliphatic hydroxyl groups excluding tert-OH is 1. The van der Waals surface area contributed by atoms with Gasteiger partial charge in [0.25, 0.3) is 0 Å². The number of rotatable bonds is 5. The van der Waals surface area contributed by atoms with Gasteiger partial charge in [-0.05, 0) is 47.1 Å². The predicted octanol–water partition coefficient (Wildman–Crippen LogP) is 3.54. The quantitative estimate of drug-likeness (QED) is 0.269. The Labute approximate surface area is 172 Å². The summed E-state index contributed by atoms with van der Waals surface area (Å²) in [5.41, 5.74) is -3.05. The molecule has 1 heterocycles. The molecule has 3 atom stereocenters. The number of fused-ring (bicyclic) bond motifs is 1. The molecule has 0 aromatic heterocycles. The Kier molecular flexibility index (Phi) is 5.78. The SMILES string of the molecule is O=S1(=O)c2cc(F)c(F)cc2C(O)(CCCI)C1C(O)c1cc(F)cc(F)c1. The van der Waals surface area contributed by atoms with E-state index in [-0.39, 0.29) is 12.0 Å². The summed E-state index contributed by atoms with van der Waals surface area (Å²) < 4.78 is 81.2. The van der Waals surface area contributed by atoms with Crippen LogP contribution in [0.4, 0.5) is 17.6 Å². The summed E-state index contributed by atoms with van der Waals surface area (Å²) >= 11 is 1.99. The maximum absolute atomic E-state index is 13.8. The van der Waals surface area contributed by atoms with Crippen molar-refractivity contribution >= 4 is 32.4 Å². The Morgan fingerprint density at radius 2 is 1.61 bits per heavy atom. The molecule has 2 aromatic rings. The van der Waals surface area contributed by atoms with Gasteiger partial charge in [0.05, 0.1) is 11.0 Å². The minimum atomic E-state index is -4.55. The van der Waals surface area contributed by atoms with Crippen LogP contribution in [-0.4, -0.2) is 28.3 Å². The second-order valence-electron chi connectivity index (χ2n) is 6.59. The van der Waals surface area contributed by atoms with Crippen molar-refractivity contribution < 1.29 is 36.2 Å². The molecule has 0 saturated carbocycles. The summed E-state index contributed by atoms with van der Waals surface area (Å²) in [5.74, 6) is -4.87. The number of hydrogen-bond donors (Lipinski definition) is 2. The molecule has 0 spiro atoms. The molecule has 10 heteroatoms. The summed E-state index contributed by atoms with van der Waals surface area (Å²) in [5, 5.41) is 19.9. The standard InChI is InChI=1S/C18H15F4IO4S/c19-10-4-9(5-11(20)6-10)16(24)17-18(25,2-1-3-23)12-7-13(21)14(22)8-15(12)28(17,26)27/h4-8,16-17,24-25H,1-3H2. The van der Waals surface area contributed by atoms with Gasteiger partial charge in [0, 0.05) is 11.6 Å². The van der Waals surface area contributed by atoms with Crippen LogP contribution in [0.5, 0.6) is 0 Å². The molecule has 0 amide bonds. The third-order valence-corrected chi connectivity index (χ3v) is 7.84. The van der Waals surface area contributed by atoms with E-state index in [4.69, 9.17) is 0 Å². The van der Waals surface area contributed by atoms with Crippen molar-refractivity contribution in [1.29, 1.82) is 0 Å². The fraction of sp³-hybridized carbons (Fsp3) is 0.333. The summed E-state index contributed by atoms with van der Waals surface area (Å²) in [7, 11) is -4.55. The first-order valence-electron chi connectivity index (χ1n) is 8.18. The van der Waals surface area contributed by atoms with E-state index >= 15 is 0 Å². The number of sulfone groups is 1. The summed E-state index contributed by atoms with van der Waals surface area (Å²) in [6.07, 6.45) is -1.92. The highest BCUT2D eigenvalue weighted by molar-refractivity contribution is 14.1. The fourth-order valence-electron chi connectivity index (χ4n) is 3.61. The van der Waals surface area contributed by atoms with Crippen molar-refractivity contribution in [3.63, 3.8) is 0 Å². The van der Waals surface area contributed by atoms with Crippen LogP contribution >= 0.6 is 22.6 Å². The van der Waals surface area contributed by atoms with Crippen LogP contribution in [0.1, 0.15) is 30.1 Å². The topological polar surface area (TPSA) is 74.6 Å². The zero-order chi connectivity index (χ0) is 20.9. The van der Waals surface area contributed by atoms with Gasteiger partial charge >= 0.3 is 0 Å². The molecule has 0 saturated heterocycles. The van der Waals surface area contributed by atoms with Crippen molar-refractivity contribution in [3.8, 4) is 0 Å². The molecule has 0 fully saturated rings. The molecule has 2 aromatic carbocycles. The van der Waals surface area contributed by atoms with Crippen LogP contribution in [0.25, 0.3) is 0 Å². The average Bonchev–Trinajstić information content (AvgIpc) is 2.76. The van der Waals surface area contributed by atoms with Gasteiger partial charge < -0.3 is 10.2 Å². The van der Waals surface area contributed by atoms with E-state index in [1.165, 1.54) is 0 Å². The van der Waals surface area contributed by atoms with Gasteiger partial charge in [-0.25, -0.2) is 26.0 Å². The van der Waals surface area contributed by atoms with E-state index in [1.54, 1.807) is 0 Å². The van der Waals surface area contributed by atoms with Crippen molar-refractivity contribution in [2.75, 3.05) is 4.43 Å². The largest absolute Gasteiger partial charge is 0.387 e. The highest BCUT2D eigenvalue weighted by Crippen LogP contribution is 2.51. The van der Waals surface area contributed by atoms with Gasteiger partial charge in [0.15, 0.2) is 21.5 Å². The molecule has 2 N–H and O–H groups in total. The highest BCUT2D eigenvalue weighted by Gasteiger charge is 2.58. The minimum absolute atomic E-state index is 0.188. The van der Waals surface area contributed by atoms with Crippen LogP contribution < -0.4 is 0 Å². The van der Waals surface area contributed by atoms with Gasteiger partial charge in [0.1, 0.15) is 22.5 Å².